The van der Waals surface area contributed by atoms with Gasteiger partial charge in [0.1, 0.15) is 5.41 Å². The van der Waals surface area contributed by atoms with Crippen LogP contribution in [0.1, 0.15) is 30.8 Å². The number of hydrogen-bond donors (Lipinski definition) is 1. The van der Waals surface area contributed by atoms with Crippen LogP contribution in [0.15, 0.2) is 34.7 Å². The van der Waals surface area contributed by atoms with Gasteiger partial charge in [0.15, 0.2) is 11.7 Å². The summed E-state index contributed by atoms with van der Waals surface area (Å²) in [5.74, 6) is 0.232. The molecule has 1 aliphatic rings. The zero-order chi connectivity index (χ0) is 20.1. The number of carbonyl (C=O) groups excluding carboxylic acids is 1. The number of rotatable bonds is 7. The lowest BCUT2D eigenvalue weighted by Crippen LogP contribution is -2.52. The molecule has 1 aliphatic heterocycles. The number of methoxy groups -OCH3 is 1. The molecule has 0 saturated carbocycles. The predicted octanol–water partition coefficient (Wildman–Crippen LogP) is 2.92. The first kappa shape index (κ1) is 20.1. The van der Waals surface area contributed by atoms with Gasteiger partial charge >= 0.3 is 5.97 Å². The van der Waals surface area contributed by atoms with E-state index in [2.05, 4.69) is 4.98 Å². The molecule has 28 heavy (non-hydrogen) atoms. The highest BCUT2D eigenvalue weighted by atomic mass is 16.5. The number of ether oxygens (including phenoxy) is 1. The lowest BCUT2D eigenvalue weighted by atomic mass is 9.80. The molecule has 3 rings (SSSR count). The summed E-state index contributed by atoms with van der Waals surface area (Å²) in [6, 6.07) is 9.72. The molecule has 1 N–H and O–H groups in total. The van der Waals surface area contributed by atoms with Gasteiger partial charge in [-0.15, -0.1) is 0 Å². The molecule has 2 heterocycles. The summed E-state index contributed by atoms with van der Waals surface area (Å²) in [6.45, 7) is 2.73. The third-order valence-corrected chi connectivity index (χ3v) is 5.23. The highest BCUT2D eigenvalue weighted by molar-refractivity contribution is 5.80. The van der Waals surface area contributed by atoms with E-state index in [1.54, 1.807) is 4.90 Å². The maximum absolute atomic E-state index is 12.7. The molecule has 1 fully saturated rings. The summed E-state index contributed by atoms with van der Waals surface area (Å²) in [7, 11) is 1.49. The van der Waals surface area contributed by atoms with E-state index in [0.29, 0.717) is 37.5 Å². The fourth-order valence-electron chi connectivity index (χ4n) is 3.76. The monoisotopic (exact) mass is 386 g/mol. The van der Waals surface area contributed by atoms with Crippen LogP contribution in [0.25, 0.3) is 11.3 Å². The molecular formula is C21H26N2O5. The molecule has 7 nitrogen and oxygen atoms in total. The smallest absolute Gasteiger partial charge is 0.313 e. The average molecular weight is 386 g/mol. The first-order valence-corrected chi connectivity index (χ1v) is 9.47. The molecule has 0 radical (unpaired) electrons. The van der Waals surface area contributed by atoms with E-state index in [9.17, 15) is 14.7 Å². The summed E-state index contributed by atoms with van der Waals surface area (Å²) in [5, 5.41) is 9.63. The predicted molar refractivity (Wildman–Crippen MR) is 103 cm³/mol. The molecule has 150 valence electrons. The molecule has 1 atom stereocenters. The normalized spacial score (nSPS) is 19.6. The van der Waals surface area contributed by atoms with Crippen molar-refractivity contribution in [2.75, 3.05) is 26.8 Å². The highest BCUT2D eigenvalue weighted by Gasteiger charge is 2.43. The van der Waals surface area contributed by atoms with Crippen LogP contribution in [-0.2, 0) is 20.7 Å². The lowest BCUT2D eigenvalue weighted by Gasteiger charge is -2.39. The van der Waals surface area contributed by atoms with Crippen molar-refractivity contribution in [3.05, 3.63) is 41.9 Å². The van der Waals surface area contributed by atoms with Crippen molar-refractivity contribution in [2.24, 2.45) is 5.41 Å². The van der Waals surface area contributed by atoms with Crippen LogP contribution < -0.4 is 0 Å². The van der Waals surface area contributed by atoms with Gasteiger partial charge in [-0.3, -0.25) is 9.59 Å². The number of oxazole rings is 1. The summed E-state index contributed by atoms with van der Waals surface area (Å²) < 4.78 is 11.0. The SMILES string of the molecule is COCC1(C(=O)O)CCCN(C(=O)CCc2nc(C)c(-c3ccccc3)o2)C1. The van der Waals surface area contributed by atoms with Crippen LogP contribution >= 0.6 is 0 Å². The molecular weight excluding hydrogens is 360 g/mol. The molecule has 1 aromatic heterocycles. The topological polar surface area (TPSA) is 92.9 Å². The van der Waals surface area contributed by atoms with Crippen molar-refractivity contribution in [3.63, 3.8) is 0 Å². The molecule has 0 spiro atoms. The van der Waals surface area contributed by atoms with E-state index < -0.39 is 11.4 Å². The number of benzene rings is 1. The fourth-order valence-corrected chi connectivity index (χ4v) is 3.76. The lowest BCUT2D eigenvalue weighted by molar-refractivity contribution is -0.159. The third kappa shape index (κ3) is 4.25. The van der Waals surface area contributed by atoms with Crippen LogP contribution in [0.2, 0.25) is 0 Å². The van der Waals surface area contributed by atoms with E-state index >= 15 is 0 Å². The second-order valence-electron chi connectivity index (χ2n) is 7.33. The maximum Gasteiger partial charge on any atom is 0.313 e. The second-order valence-corrected chi connectivity index (χ2v) is 7.33. The molecule has 7 heteroatoms. The summed E-state index contributed by atoms with van der Waals surface area (Å²) >= 11 is 0. The number of carbonyl (C=O) groups is 2. The first-order valence-electron chi connectivity index (χ1n) is 9.47. The van der Waals surface area contributed by atoms with Crippen molar-refractivity contribution in [1.29, 1.82) is 0 Å². The van der Waals surface area contributed by atoms with Crippen molar-refractivity contribution < 1.29 is 23.8 Å². The van der Waals surface area contributed by atoms with Gasteiger partial charge < -0.3 is 19.2 Å². The average Bonchev–Trinajstić information content (AvgIpc) is 3.07. The number of aryl methyl sites for hydroxylation is 2. The van der Waals surface area contributed by atoms with Gasteiger partial charge in [-0.25, -0.2) is 4.98 Å². The van der Waals surface area contributed by atoms with E-state index in [4.69, 9.17) is 9.15 Å². The number of likely N-dealkylation sites (tertiary alicyclic amines) is 1. The Morgan fingerprint density at radius 1 is 1.32 bits per heavy atom. The second kappa shape index (κ2) is 8.56. The Morgan fingerprint density at radius 3 is 2.75 bits per heavy atom. The largest absolute Gasteiger partial charge is 0.481 e. The number of carboxylic acids is 1. The third-order valence-electron chi connectivity index (χ3n) is 5.23. The van der Waals surface area contributed by atoms with Crippen molar-refractivity contribution in [2.45, 2.75) is 32.6 Å². The van der Waals surface area contributed by atoms with Gasteiger partial charge in [-0.05, 0) is 19.8 Å². The van der Waals surface area contributed by atoms with E-state index in [0.717, 1.165) is 11.3 Å². The zero-order valence-electron chi connectivity index (χ0n) is 16.3. The van der Waals surface area contributed by atoms with Gasteiger partial charge in [0.2, 0.25) is 5.91 Å². The van der Waals surface area contributed by atoms with E-state index in [1.165, 1.54) is 7.11 Å². The Labute approximate surface area is 164 Å². The number of aromatic nitrogens is 1. The van der Waals surface area contributed by atoms with Gasteiger partial charge in [0, 0.05) is 38.6 Å². The minimum absolute atomic E-state index is 0.0847. The number of carboxylic acid groups (broad SMARTS) is 1. The minimum Gasteiger partial charge on any atom is -0.481 e. The zero-order valence-corrected chi connectivity index (χ0v) is 16.3. The Bertz CT molecular complexity index is 829. The molecule has 1 amide bonds. The van der Waals surface area contributed by atoms with Crippen LogP contribution in [0.4, 0.5) is 0 Å². The van der Waals surface area contributed by atoms with Crippen LogP contribution in [0.5, 0.6) is 0 Å². The van der Waals surface area contributed by atoms with Crippen molar-refractivity contribution in [1.82, 2.24) is 9.88 Å². The number of nitrogens with zero attached hydrogens (tertiary/aromatic N) is 2. The Balaban J connectivity index is 1.63. The first-order chi connectivity index (χ1) is 13.4. The van der Waals surface area contributed by atoms with Crippen molar-refractivity contribution >= 4 is 11.9 Å². The van der Waals surface area contributed by atoms with Gasteiger partial charge in [-0.1, -0.05) is 30.3 Å². The van der Waals surface area contributed by atoms with Gasteiger partial charge in [0.05, 0.1) is 12.3 Å². The molecule has 1 saturated heterocycles. The molecule has 0 aliphatic carbocycles. The fraction of sp³-hybridized carbons (Fsp3) is 0.476. The molecule has 0 bridgehead atoms. The quantitative estimate of drug-likeness (QED) is 0.786. The number of hydrogen-bond acceptors (Lipinski definition) is 5. The number of amides is 1. The van der Waals surface area contributed by atoms with Gasteiger partial charge in [-0.2, -0.15) is 0 Å². The maximum atomic E-state index is 12.7. The van der Waals surface area contributed by atoms with E-state index in [1.807, 2.05) is 37.3 Å². The van der Waals surface area contributed by atoms with Crippen molar-refractivity contribution in [3.8, 4) is 11.3 Å². The van der Waals surface area contributed by atoms with E-state index in [-0.39, 0.29) is 25.5 Å². The van der Waals surface area contributed by atoms with Crippen LogP contribution in [0.3, 0.4) is 0 Å². The van der Waals surface area contributed by atoms with Crippen LogP contribution in [-0.4, -0.2) is 53.7 Å². The number of piperidine rings is 1. The molecule has 1 unspecified atom stereocenters. The van der Waals surface area contributed by atoms with Gasteiger partial charge in [0.25, 0.3) is 0 Å². The molecule has 2 aromatic rings. The highest BCUT2D eigenvalue weighted by Crippen LogP contribution is 2.31. The Kier molecular flexibility index (Phi) is 6.14. The summed E-state index contributed by atoms with van der Waals surface area (Å²) in [6.07, 6.45) is 1.78. The van der Waals surface area contributed by atoms with Crippen LogP contribution in [0, 0.1) is 12.3 Å². The molecule has 1 aromatic carbocycles. The Morgan fingerprint density at radius 2 is 2.07 bits per heavy atom. The summed E-state index contributed by atoms with van der Waals surface area (Å²) in [4.78, 5) is 30.5. The Hall–Kier alpha value is -2.67. The standard InChI is InChI=1S/C21H26N2O5/c1-15-19(16-7-4-3-5-8-16)28-17(22-15)9-10-18(24)23-12-6-11-21(13-23,14-27-2)20(25)26/h3-5,7-8H,6,9-14H2,1-2H3,(H,25,26). The number of aliphatic carboxylic acids is 1. The minimum atomic E-state index is -1.03. The summed E-state index contributed by atoms with van der Waals surface area (Å²) in [5.41, 5.74) is 0.714.